The van der Waals surface area contributed by atoms with E-state index in [2.05, 4.69) is 0 Å². The van der Waals surface area contributed by atoms with Crippen LogP contribution in [0, 0.1) is 24.0 Å². The molecule has 0 aliphatic rings. The number of rotatable bonds is 5. The largest absolute Gasteiger partial charge is 0.283 e. The fourth-order valence-corrected chi connectivity index (χ4v) is 3.64. The summed E-state index contributed by atoms with van der Waals surface area (Å²) in [7, 11) is -3.04. The molecule has 0 amide bonds. The van der Waals surface area contributed by atoms with Gasteiger partial charge in [-0.2, -0.15) is 0 Å². The van der Waals surface area contributed by atoms with Crippen molar-refractivity contribution in [1.29, 1.82) is 0 Å². The fraction of sp³-hybridized carbons (Fsp3) is 0.455. The standard InChI is InChI=1S/C11H15NO4S2/c1-8-6-10(12(13)14)11(7-9(8)2)17-4-5-18(3,15)16/h6-7H,4-5H2,1-3H3. The Hall–Kier alpha value is -1.08. The van der Waals surface area contributed by atoms with Gasteiger partial charge in [0.1, 0.15) is 9.84 Å². The zero-order chi connectivity index (χ0) is 13.9. The zero-order valence-corrected chi connectivity index (χ0v) is 12.1. The lowest BCUT2D eigenvalue weighted by Crippen LogP contribution is -2.05. The van der Waals surface area contributed by atoms with E-state index in [1.54, 1.807) is 6.07 Å². The summed E-state index contributed by atoms with van der Waals surface area (Å²) < 4.78 is 22.0. The first kappa shape index (κ1) is 15.0. The van der Waals surface area contributed by atoms with Crippen molar-refractivity contribution >= 4 is 27.3 Å². The second-order valence-electron chi connectivity index (χ2n) is 4.14. The molecule has 0 bridgehead atoms. The average Bonchev–Trinajstić information content (AvgIpc) is 2.20. The molecule has 18 heavy (non-hydrogen) atoms. The van der Waals surface area contributed by atoms with Gasteiger partial charge in [0.05, 0.1) is 15.6 Å². The Balaban J connectivity index is 2.94. The molecule has 1 rings (SSSR count). The highest BCUT2D eigenvalue weighted by atomic mass is 32.2. The molecule has 100 valence electrons. The minimum absolute atomic E-state index is 0.0156. The number of hydrogen-bond acceptors (Lipinski definition) is 5. The van der Waals surface area contributed by atoms with Crippen LogP contribution >= 0.6 is 11.8 Å². The van der Waals surface area contributed by atoms with E-state index in [1.807, 2.05) is 13.8 Å². The lowest BCUT2D eigenvalue weighted by Gasteiger charge is -2.06. The zero-order valence-electron chi connectivity index (χ0n) is 10.5. The number of aryl methyl sites for hydroxylation is 2. The summed E-state index contributed by atoms with van der Waals surface area (Å²) in [5.74, 6) is 0.337. The Kier molecular flexibility index (Phi) is 4.75. The summed E-state index contributed by atoms with van der Waals surface area (Å²) in [5, 5.41) is 10.9. The van der Waals surface area contributed by atoms with Gasteiger partial charge in [-0.25, -0.2) is 8.42 Å². The maximum Gasteiger partial charge on any atom is 0.283 e. The van der Waals surface area contributed by atoms with E-state index in [0.717, 1.165) is 17.4 Å². The number of hydrogen-bond donors (Lipinski definition) is 0. The normalized spacial score (nSPS) is 11.5. The average molecular weight is 289 g/mol. The third-order valence-corrected chi connectivity index (χ3v) is 4.73. The van der Waals surface area contributed by atoms with Crippen LogP contribution in [0.15, 0.2) is 17.0 Å². The highest BCUT2D eigenvalue weighted by Gasteiger charge is 2.16. The molecule has 1 aromatic carbocycles. The van der Waals surface area contributed by atoms with Crippen LogP contribution in [0.4, 0.5) is 5.69 Å². The number of sulfone groups is 1. The predicted molar refractivity (Wildman–Crippen MR) is 73.0 cm³/mol. The summed E-state index contributed by atoms with van der Waals surface area (Å²) in [5.41, 5.74) is 1.85. The van der Waals surface area contributed by atoms with Crippen molar-refractivity contribution < 1.29 is 13.3 Å². The Bertz CT molecular complexity index is 567. The molecular formula is C11H15NO4S2. The van der Waals surface area contributed by atoms with Crippen LogP contribution in [0.2, 0.25) is 0 Å². The van der Waals surface area contributed by atoms with Gasteiger partial charge in [-0.15, -0.1) is 11.8 Å². The molecule has 0 unspecified atom stereocenters. The van der Waals surface area contributed by atoms with E-state index in [0.29, 0.717) is 10.6 Å². The van der Waals surface area contributed by atoms with Crippen LogP contribution in [0.25, 0.3) is 0 Å². The number of nitro benzene ring substituents is 1. The Morgan fingerprint density at radius 1 is 1.28 bits per heavy atom. The summed E-state index contributed by atoms with van der Waals surface area (Å²) in [6.45, 7) is 3.69. The number of benzene rings is 1. The number of thioether (sulfide) groups is 1. The van der Waals surface area contributed by atoms with Gasteiger partial charge in [-0.1, -0.05) is 0 Å². The molecule has 0 saturated carbocycles. The lowest BCUT2D eigenvalue weighted by atomic mass is 10.1. The molecule has 0 fully saturated rings. The summed E-state index contributed by atoms with van der Waals surface area (Å²) >= 11 is 1.20. The molecule has 0 heterocycles. The topological polar surface area (TPSA) is 77.3 Å². The van der Waals surface area contributed by atoms with Crippen molar-refractivity contribution in [3.63, 3.8) is 0 Å². The molecule has 0 spiro atoms. The molecule has 0 radical (unpaired) electrons. The van der Waals surface area contributed by atoms with Crippen molar-refractivity contribution in [1.82, 2.24) is 0 Å². The second kappa shape index (κ2) is 5.71. The Labute approximate surface area is 111 Å². The van der Waals surface area contributed by atoms with Crippen LogP contribution in [-0.2, 0) is 9.84 Å². The quantitative estimate of drug-likeness (QED) is 0.472. The Morgan fingerprint density at radius 3 is 2.33 bits per heavy atom. The van der Waals surface area contributed by atoms with E-state index in [1.165, 1.54) is 17.8 Å². The van der Waals surface area contributed by atoms with E-state index in [-0.39, 0.29) is 11.4 Å². The van der Waals surface area contributed by atoms with Crippen molar-refractivity contribution in [2.24, 2.45) is 0 Å². The van der Waals surface area contributed by atoms with Gasteiger partial charge in [-0.05, 0) is 31.0 Å². The minimum atomic E-state index is -3.04. The highest BCUT2D eigenvalue weighted by Crippen LogP contribution is 2.31. The first-order chi connectivity index (χ1) is 8.20. The molecule has 0 aliphatic carbocycles. The van der Waals surface area contributed by atoms with Gasteiger partial charge < -0.3 is 0 Å². The van der Waals surface area contributed by atoms with E-state index < -0.39 is 14.8 Å². The summed E-state index contributed by atoms with van der Waals surface area (Å²) in [4.78, 5) is 11.0. The van der Waals surface area contributed by atoms with E-state index in [4.69, 9.17) is 0 Å². The van der Waals surface area contributed by atoms with Gasteiger partial charge in [-0.3, -0.25) is 10.1 Å². The minimum Gasteiger partial charge on any atom is -0.258 e. The van der Waals surface area contributed by atoms with Gasteiger partial charge in [0.25, 0.3) is 5.69 Å². The maximum atomic E-state index is 11.0. The van der Waals surface area contributed by atoms with Crippen LogP contribution < -0.4 is 0 Å². The third-order valence-electron chi connectivity index (χ3n) is 2.48. The first-order valence-corrected chi connectivity index (χ1v) is 8.31. The van der Waals surface area contributed by atoms with Crippen LogP contribution in [0.5, 0.6) is 0 Å². The smallest absolute Gasteiger partial charge is 0.258 e. The molecular weight excluding hydrogens is 274 g/mol. The maximum absolute atomic E-state index is 11.0. The molecule has 1 aromatic rings. The molecule has 5 nitrogen and oxygen atoms in total. The van der Waals surface area contributed by atoms with E-state index in [9.17, 15) is 18.5 Å². The number of nitrogens with zero attached hydrogens (tertiary/aromatic N) is 1. The molecule has 0 aliphatic heterocycles. The van der Waals surface area contributed by atoms with Crippen LogP contribution in [-0.4, -0.2) is 31.1 Å². The van der Waals surface area contributed by atoms with Gasteiger partial charge >= 0.3 is 0 Å². The van der Waals surface area contributed by atoms with Crippen LogP contribution in [0.3, 0.4) is 0 Å². The number of nitro groups is 1. The first-order valence-electron chi connectivity index (χ1n) is 5.27. The Morgan fingerprint density at radius 2 is 1.83 bits per heavy atom. The molecule has 7 heteroatoms. The van der Waals surface area contributed by atoms with E-state index >= 15 is 0 Å². The highest BCUT2D eigenvalue weighted by molar-refractivity contribution is 8.00. The molecule has 0 N–H and O–H groups in total. The van der Waals surface area contributed by atoms with Gasteiger partial charge in [0, 0.05) is 18.1 Å². The monoisotopic (exact) mass is 289 g/mol. The van der Waals surface area contributed by atoms with Crippen molar-refractivity contribution in [2.75, 3.05) is 17.8 Å². The molecule has 0 saturated heterocycles. The summed E-state index contributed by atoms with van der Waals surface area (Å²) in [6.07, 6.45) is 1.16. The van der Waals surface area contributed by atoms with Crippen molar-refractivity contribution in [3.05, 3.63) is 33.4 Å². The van der Waals surface area contributed by atoms with Crippen LogP contribution in [0.1, 0.15) is 11.1 Å². The van der Waals surface area contributed by atoms with Gasteiger partial charge in [0.15, 0.2) is 0 Å². The summed E-state index contributed by atoms with van der Waals surface area (Å²) in [6, 6.07) is 3.26. The fourth-order valence-electron chi connectivity index (χ4n) is 1.34. The van der Waals surface area contributed by atoms with Crippen molar-refractivity contribution in [3.8, 4) is 0 Å². The predicted octanol–water partition coefficient (Wildman–Crippen LogP) is 2.35. The molecule has 0 atom stereocenters. The van der Waals surface area contributed by atoms with Crippen molar-refractivity contribution in [2.45, 2.75) is 18.7 Å². The third kappa shape index (κ3) is 4.30. The molecule has 0 aromatic heterocycles. The SMILES string of the molecule is Cc1cc(SCCS(C)(=O)=O)c([N+](=O)[O-])cc1C. The van der Waals surface area contributed by atoms with Gasteiger partial charge in [0.2, 0.25) is 0 Å². The lowest BCUT2D eigenvalue weighted by molar-refractivity contribution is -0.387. The second-order valence-corrected chi connectivity index (χ2v) is 7.54.